The molecule has 0 aliphatic heterocycles. The fraction of sp³-hybridized carbons (Fsp3) is 0.200. The summed E-state index contributed by atoms with van der Waals surface area (Å²) in [5.41, 5.74) is 1.63. The number of anilines is 1. The van der Waals surface area contributed by atoms with Crippen molar-refractivity contribution in [3.63, 3.8) is 0 Å². The molecular formula is C15H15Cl2NO3. The molecule has 21 heavy (non-hydrogen) atoms. The lowest BCUT2D eigenvalue weighted by Crippen LogP contribution is -2.02. The highest BCUT2D eigenvalue weighted by atomic mass is 35.5. The molecule has 2 aromatic carbocycles. The summed E-state index contributed by atoms with van der Waals surface area (Å²) in [4.78, 5) is 0. The van der Waals surface area contributed by atoms with Crippen molar-refractivity contribution in [1.29, 1.82) is 0 Å². The largest absolute Gasteiger partial charge is 0.505 e. The van der Waals surface area contributed by atoms with Gasteiger partial charge in [0.2, 0.25) is 0 Å². The van der Waals surface area contributed by atoms with E-state index in [-0.39, 0.29) is 15.8 Å². The minimum Gasteiger partial charge on any atom is -0.505 e. The molecule has 0 spiro atoms. The van der Waals surface area contributed by atoms with E-state index in [1.54, 1.807) is 26.4 Å². The smallest absolute Gasteiger partial charge is 0.152 e. The first kappa shape index (κ1) is 15.6. The van der Waals surface area contributed by atoms with Gasteiger partial charge in [0, 0.05) is 17.8 Å². The molecule has 4 nitrogen and oxygen atoms in total. The molecule has 0 fully saturated rings. The second-order valence-electron chi connectivity index (χ2n) is 4.32. The van der Waals surface area contributed by atoms with E-state index < -0.39 is 0 Å². The monoisotopic (exact) mass is 327 g/mol. The van der Waals surface area contributed by atoms with Crippen LogP contribution in [0.5, 0.6) is 17.2 Å². The van der Waals surface area contributed by atoms with Crippen molar-refractivity contribution in [3.8, 4) is 17.2 Å². The zero-order valence-electron chi connectivity index (χ0n) is 11.6. The van der Waals surface area contributed by atoms with Crippen molar-refractivity contribution in [2.45, 2.75) is 6.54 Å². The van der Waals surface area contributed by atoms with Gasteiger partial charge in [0.15, 0.2) is 5.75 Å². The van der Waals surface area contributed by atoms with Gasteiger partial charge in [-0.25, -0.2) is 0 Å². The molecule has 0 saturated heterocycles. The van der Waals surface area contributed by atoms with Gasteiger partial charge in [-0.3, -0.25) is 0 Å². The number of hydrogen-bond donors (Lipinski definition) is 2. The summed E-state index contributed by atoms with van der Waals surface area (Å²) < 4.78 is 10.5. The molecule has 2 aromatic rings. The second kappa shape index (κ2) is 6.78. The average molecular weight is 328 g/mol. The number of halogens is 2. The Kier molecular flexibility index (Phi) is 5.04. The predicted molar refractivity (Wildman–Crippen MR) is 85.0 cm³/mol. The summed E-state index contributed by atoms with van der Waals surface area (Å²) in [6.45, 7) is 0.498. The highest BCUT2D eigenvalue weighted by Crippen LogP contribution is 2.35. The maximum absolute atomic E-state index is 9.54. The second-order valence-corrected chi connectivity index (χ2v) is 5.13. The number of benzene rings is 2. The minimum absolute atomic E-state index is 0.122. The van der Waals surface area contributed by atoms with Crippen LogP contribution in [0.25, 0.3) is 0 Å². The molecule has 0 atom stereocenters. The number of phenolic OH excluding ortho intramolecular Hbond substituents is 1. The number of hydrogen-bond acceptors (Lipinski definition) is 4. The zero-order valence-corrected chi connectivity index (χ0v) is 13.1. The first-order valence-corrected chi connectivity index (χ1v) is 6.93. The molecule has 112 valence electrons. The van der Waals surface area contributed by atoms with Crippen LogP contribution < -0.4 is 14.8 Å². The quantitative estimate of drug-likeness (QED) is 0.802. The Hall–Kier alpha value is -1.78. The summed E-state index contributed by atoms with van der Waals surface area (Å²) in [7, 11) is 3.22. The molecule has 6 heteroatoms. The van der Waals surface area contributed by atoms with E-state index in [0.717, 1.165) is 17.1 Å². The van der Waals surface area contributed by atoms with Crippen LogP contribution in [0, 0.1) is 0 Å². The molecule has 0 radical (unpaired) electrons. The van der Waals surface area contributed by atoms with E-state index in [4.69, 9.17) is 32.7 Å². The third kappa shape index (κ3) is 3.65. The van der Waals surface area contributed by atoms with Crippen LogP contribution in [0.3, 0.4) is 0 Å². The Bertz CT molecular complexity index is 624. The summed E-state index contributed by atoms with van der Waals surface area (Å²) in [6, 6.07) is 8.77. The van der Waals surface area contributed by atoms with Gasteiger partial charge in [0.1, 0.15) is 11.5 Å². The molecule has 0 bridgehead atoms. The first-order valence-electron chi connectivity index (χ1n) is 6.18. The van der Waals surface area contributed by atoms with Gasteiger partial charge in [-0.1, -0.05) is 23.2 Å². The number of methoxy groups -OCH3 is 2. The molecule has 0 aliphatic rings. The fourth-order valence-electron chi connectivity index (χ4n) is 1.88. The summed E-state index contributed by atoms with van der Waals surface area (Å²) in [6.07, 6.45) is 0. The average Bonchev–Trinajstić information content (AvgIpc) is 2.50. The molecule has 0 heterocycles. The predicted octanol–water partition coefficient (Wildman–Crippen LogP) is 4.33. The summed E-state index contributed by atoms with van der Waals surface area (Å²) in [5, 5.41) is 13.1. The van der Waals surface area contributed by atoms with Crippen molar-refractivity contribution in [1.82, 2.24) is 0 Å². The fourth-order valence-corrected chi connectivity index (χ4v) is 2.37. The molecule has 0 aromatic heterocycles. The number of aromatic hydroxyl groups is 1. The van der Waals surface area contributed by atoms with E-state index >= 15 is 0 Å². The maximum Gasteiger partial charge on any atom is 0.152 e. The molecule has 2 N–H and O–H groups in total. The molecule has 0 unspecified atom stereocenters. The van der Waals surface area contributed by atoms with Crippen LogP contribution in [-0.4, -0.2) is 19.3 Å². The molecule has 2 rings (SSSR count). The lowest BCUT2D eigenvalue weighted by atomic mass is 10.2. The van der Waals surface area contributed by atoms with Crippen molar-refractivity contribution in [3.05, 3.63) is 45.9 Å². The normalized spacial score (nSPS) is 10.3. The number of phenols is 1. The maximum atomic E-state index is 9.54. The Morgan fingerprint density at radius 2 is 1.71 bits per heavy atom. The third-order valence-electron chi connectivity index (χ3n) is 2.99. The Labute approximate surface area is 133 Å². The van der Waals surface area contributed by atoms with Gasteiger partial charge in [-0.2, -0.15) is 0 Å². The van der Waals surface area contributed by atoms with Gasteiger partial charge < -0.3 is 19.9 Å². The molecule has 0 amide bonds. The Morgan fingerprint density at radius 1 is 1.05 bits per heavy atom. The molecular weight excluding hydrogens is 313 g/mol. The third-order valence-corrected chi connectivity index (χ3v) is 3.56. The first-order chi connectivity index (χ1) is 10.0. The van der Waals surface area contributed by atoms with Gasteiger partial charge >= 0.3 is 0 Å². The Morgan fingerprint density at radius 3 is 2.29 bits per heavy atom. The van der Waals surface area contributed by atoms with Crippen molar-refractivity contribution >= 4 is 28.9 Å². The van der Waals surface area contributed by atoms with Crippen LogP contribution in [0.2, 0.25) is 10.0 Å². The van der Waals surface area contributed by atoms with Crippen LogP contribution in [0.15, 0.2) is 30.3 Å². The highest BCUT2D eigenvalue weighted by Gasteiger charge is 2.08. The van der Waals surface area contributed by atoms with E-state index in [9.17, 15) is 5.11 Å². The lowest BCUT2D eigenvalue weighted by Gasteiger charge is -2.13. The number of ether oxygens (including phenoxy) is 2. The van der Waals surface area contributed by atoms with Gasteiger partial charge in [0.25, 0.3) is 0 Å². The number of nitrogens with one attached hydrogen (secondary N) is 1. The van der Waals surface area contributed by atoms with Gasteiger partial charge in [-0.15, -0.1) is 0 Å². The standard InChI is InChI=1S/C15H15Cl2NO3/c1-20-11-3-4-14(21-2)9(5-11)8-18-10-6-12(16)15(19)13(17)7-10/h3-7,18-19H,8H2,1-2H3. The minimum atomic E-state index is -0.122. The Balaban J connectivity index is 2.19. The van der Waals surface area contributed by atoms with E-state index in [1.807, 2.05) is 18.2 Å². The van der Waals surface area contributed by atoms with Crippen molar-refractivity contribution < 1.29 is 14.6 Å². The van der Waals surface area contributed by atoms with E-state index in [1.165, 1.54) is 0 Å². The molecule has 0 saturated carbocycles. The van der Waals surface area contributed by atoms with Gasteiger partial charge in [-0.05, 0) is 30.3 Å². The van der Waals surface area contributed by atoms with Crippen molar-refractivity contribution in [2.24, 2.45) is 0 Å². The summed E-state index contributed by atoms with van der Waals surface area (Å²) in [5.74, 6) is 1.37. The lowest BCUT2D eigenvalue weighted by molar-refractivity contribution is 0.399. The highest BCUT2D eigenvalue weighted by molar-refractivity contribution is 6.37. The van der Waals surface area contributed by atoms with Crippen LogP contribution in [0.4, 0.5) is 5.69 Å². The van der Waals surface area contributed by atoms with Gasteiger partial charge in [0.05, 0.1) is 24.3 Å². The molecule has 0 aliphatic carbocycles. The topological polar surface area (TPSA) is 50.7 Å². The van der Waals surface area contributed by atoms with Crippen LogP contribution in [-0.2, 0) is 6.54 Å². The summed E-state index contributed by atoms with van der Waals surface area (Å²) >= 11 is 11.8. The SMILES string of the molecule is COc1ccc(OC)c(CNc2cc(Cl)c(O)c(Cl)c2)c1. The van der Waals surface area contributed by atoms with Crippen LogP contribution >= 0.6 is 23.2 Å². The number of rotatable bonds is 5. The van der Waals surface area contributed by atoms with Crippen LogP contribution in [0.1, 0.15) is 5.56 Å². The van der Waals surface area contributed by atoms with E-state index in [2.05, 4.69) is 5.32 Å². The van der Waals surface area contributed by atoms with E-state index in [0.29, 0.717) is 12.2 Å². The zero-order chi connectivity index (χ0) is 15.4. The van der Waals surface area contributed by atoms with Crippen molar-refractivity contribution in [2.75, 3.05) is 19.5 Å².